The molecule has 0 unspecified atom stereocenters. The monoisotopic (exact) mass is 275 g/mol. The minimum atomic E-state index is -0.975. The van der Waals surface area contributed by atoms with Crippen molar-refractivity contribution in [1.82, 2.24) is 0 Å². The van der Waals surface area contributed by atoms with Crippen LogP contribution in [0.25, 0.3) is 0 Å². The first kappa shape index (κ1) is 13.4. The van der Waals surface area contributed by atoms with Crippen LogP contribution in [0.2, 0.25) is 5.02 Å². The van der Waals surface area contributed by atoms with Gasteiger partial charge in [-0.3, -0.25) is 0 Å². The molecule has 0 aliphatic rings. The number of rotatable bonds is 4. The molecule has 0 amide bonds. The topological polar surface area (TPSA) is 40.5 Å². The van der Waals surface area contributed by atoms with Gasteiger partial charge in [-0.15, -0.1) is 0 Å². The predicted octanol–water partition coefficient (Wildman–Crippen LogP) is 3.67. The van der Waals surface area contributed by atoms with Crippen LogP contribution < -0.4 is 4.90 Å². The van der Waals surface area contributed by atoms with E-state index in [0.717, 1.165) is 5.56 Å². The zero-order valence-electron chi connectivity index (χ0n) is 10.5. The van der Waals surface area contributed by atoms with Crippen molar-refractivity contribution in [1.29, 1.82) is 0 Å². The molecule has 4 heteroatoms. The highest BCUT2D eigenvalue weighted by Crippen LogP contribution is 2.30. The Bertz CT molecular complexity index is 584. The number of halogens is 1. The highest BCUT2D eigenvalue weighted by molar-refractivity contribution is 6.34. The van der Waals surface area contributed by atoms with Crippen LogP contribution in [0.4, 0.5) is 5.69 Å². The number of carboxylic acids is 1. The summed E-state index contributed by atoms with van der Waals surface area (Å²) < 4.78 is 0. The zero-order chi connectivity index (χ0) is 13.8. The summed E-state index contributed by atoms with van der Waals surface area (Å²) in [7, 11) is 1.83. The first-order valence-corrected chi connectivity index (χ1v) is 6.24. The Morgan fingerprint density at radius 2 is 1.84 bits per heavy atom. The Balaban J connectivity index is 2.33. The van der Waals surface area contributed by atoms with Crippen molar-refractivity contribution in [2.75, 3.05) is 11.9 Å². The van der Waals surface area contributed by atoms with Crippen molar-refractivity contribution < 1.29 is 9.90 Å². The van der Waals surface area contributed by atoms with Gasteiger partial charge in [-0.05, 0) is 17.7 Å². The van der Waals surface area contributed by atoms with E-state index in [1.807, 2.05) is 42.3 Å². The fraction of sp³-hybridized carbons (Fsp3) is 0.133. The molecule has 0 saturated heterocycles. The summed E-state index contributed by atoms with van der Waals surface area (Å²) >= 11 is 6.13. The number of aromatic carboxylic acids is 1. The maximum absolute atomic E-state index is 11.2. The molecule has 0 aromatic heterocycles. The van der Waals surface area contributed by atoms with E-state index in [2.05, 4.69) is 0 Å². The third-order valence-electron chi connectivity index (χ3n) is 2.86. The molecule has 98 valence electrons. The molecule has 0 atom stereocenters. The van der Waals surface area contributed by atoms with Crippen molar-refractivity contribution in [3.8, 4) is 0 Å². The van der Waals surface area contributed by atoms with Crippen LogP contribution in [-0.2, 0) is 6.54 Å². The SMILES string of the molecule is CN(Cc1ccccc1)c1c(Cl)cccc1C(=O)O. The van der Waals surface area contributed by atoms with Gasteiger partial charge in [0.2, 0.25) is 0 Å². The molecule has 3 nitrogen and oxygen atoms in total. The molecular weight excluding hydrogens is 262 g/mol. The van der Waals surface area contributed by atoms with Crippen molar-refractivity contribution in [3.05, 3.63) is 64.7 Å². The summed E-state index contributed by atoms with van der Waals surface area (Å²) in [6.07, 6.45) is 0. The van der Waals surface area contributed by atoms with E-state index in [-0.39, 0.29) is 5.56 Å². The minimum absolute atomic E-state index is 0.214. The number of nitrogens with zero attached hydrogens (tertiary/aromatic N) is 1. The van der Waals surface area contributed by atoms with E-state index in [0.29, 0.717) is 17.3 Å². The van der Waals surface area contributed by atoms with E-state index < -0.39 is 5.97 Å². The number of hydrogen-bond donors (Lipinski definition) is 1. The number of anilines is 1. The van der Waals surface area contributed by atoms with Gasteiger partial charge in [0.05, 0.1) is 16.3 Å². The second kappa shape index (κ2) is 5.76. The maximum atomic E-state index is 11.2. The van der Waals surface area contributed by atoms with Gasteiger partial charge < -0.3 is 10.0 Å². The van der Waals surface area contributed by atoms with Crippen molar-refractivity contribution in [3.63, 3.8) is 0 Å². The Labute approximate surface area is 117 Å². The van der Waals surface area contributed by atoms with Crippen LogP contribution >= 0.6 is 11.6 Å². The first-order chi connectivity index (χ1) is 9.09. The van der Waals surface area contributed by atoms with Gasteiger partial charge in [-0.2, -0.15) is 0 Å². The van der Waals surface area contributed by atoms with Crippen molar-refractivity contribution >= 4 is 23.3 Å². The average molecular weight is 276 g/mol. The quantitative estimate of drug-likeness (QED) is 0.925. The fourth-order valence-corrected chi connectivity index (χ4v) is 2.33. The second-order valence-electron chi connectivity index (χ2n) is 4.28. The van der Waals surface area contributed by atoms with Gasteiger partial charge in [0.25, 0.3) is 0 Å². The van der Waals surface area contributed by atoms with Gasteiger partial charge in [-0.25, -0.2) is 4.79 Å². The molecule has 0 aliphatic carbocycles. The molecule has 2 rings (SSSR count). The van der Waals surface area contributed by atoms with E-state index in [9.17, 15) is 9.90 Å². The number of carbonyl (C=O) groups is 1. The van der Waals surface area contributed by atoms with Crippen LogP contribution in [0.3, 0.4) is 0 Å². The normalized spacial score (nSPS) is 10.2. The lowest BCUT2D eigenvalue weighted by Gasteiger charge is -2.22. The number of benzene rings is 2. The fourth-order valence-electron chi connectivity index (χ4n) is 2.01. The number of hydrogen-bond acceptors (Lipinski definition) is 2. The summed E-state index contributed by atoms with van der Waals surface area (Å²) in [6, 6.07) is 14.7. The summed E-state index contributed by atoms with van der Waals surface area (Å²) in [5.74, 6) is -0.975. The molecule has 0 radical (unpaired) electrons. The number of carboxylic acid groups (broad SMARTS) is 1. The maximum Gasteiger partial charge on any atom is 0.337 e. The van der Waals surface area contributed by atoms with Gasteiger partial charge >= 0.3 is 5.97 Å². The molecule has 2 aromatic rings. The summed E-state index contributed by atoms with van der Waals surface area (Å²) in [6.45, 7) is 0.602. The number of para-hydroxylation sites is 1. The molecule has 0 heterocycles. The molecule has 0 bridgehead atoms. The zero-order valence-corrected chi connectivity index (χ0v) is 11.3. The van der Waals surface area contributed by atoms with Gasteiger partial charge in [-0.1, -0.05) is 48.0 Å². The highest BCUT2D eigenvalue weighted by Gasteiger charge is 2.16. The van der Waals surface area contributed by atoms with Crippen molar-refractivity contribution in [2.45, 2.75) is 6.54 Å². The lowest BCUT2D eigenvalue weighted by Crippen LogP contribution is -2.19. The van der Waals surface area contributed by atoms with E-state index in [1.54, 1.807) is 18.2 Å². The minimum Gasteiger partial charge on any atom is -0.478 e. The molecule has 2 aromatic carbocycles. The molecule has 19 heavy (non-hydrogen) atoms. The molecule has 0 aliphatic heterocycles. The molecule has 0 spiro atoms. The van der Waals surface area contributed by atoms with Crippen LogP contribution in [0, 0.1) is 0 Å². The van der Waals surface area contributed by atoms with E-state index in [4.69, 9.17) is 11.6 Å². The molecule has 0 saturated carbocycles. The van der Waals surface area contributed by atoms with Crippen LogP contribution in [0.5, 0.6) is 0 Å². The van der Waals surface area contributed by atoms with Crippen LogP contribution in [0.15, 0.2) is 48.5 Å². The van der Waals surface area contributed by atoms with Gasteiger partial charge in [0.1, 0.15) is 0 Å². The van der Waals surface area contributed by atoms with Crippen molar-refractivity contribution in [2.24, 2.45) is 0 Å². The Kier molecular flexibility index (Phi) is 4.07. The second-order valence-corrected chi connectivity index (χ2v) is 4.69. The molecular formula is C15H14ClNO2. The largest absolute Gasteiger partial charge is 0.478 e. The van der Waals surface area contributed by atoms with Gasteiger partial charge in [0, 0.05) is 13.6 Å². The average Bonchev–Trinajstić information content (AvgIpc) is 2.39. The smallest absolute Gasteiger partial charge is 0.337 e. The first-order valence-electron chi connectivity index (χ1n) is 5.86. The Hall–Kier alpha value is -2.00. The van der Waals surface area contributed by atoms with Crippen LogP contribution in [-0.4, -0.2) is 18.1 Å². The third kappa shape index (κ3) is 3.06. The Morgan fingerprint density at radius 1 is 1.16 bits per heavy atom. The summed E-state index contributed by atoms with van der Waals surface area (Å²) in [5, 5.41) is 9.66. The summed E-state index contributed by atoms with van der Waals surface area (Å²) in [5.41, 5.74) is 1.85. The van der Waals surface area contributed by atoms with Gasteiger partial charge in [0.15, 0.2) is 0 Å². The Morgan fingerprint density at radius 3 is 2.47 bits per heavy atom. The lowest BCUT2D eigenvalue weighted by molar-refractivity contribution is 0.0697. The van der Waals surface area contributed by atoms with Crippen LogP contribution in [0.1, 0.15) is 15.9 Å². The lowest BCUT2D eigenvalue weighted by atomic mass is 10.1. The van der Waals surface area contributed by atoms with E-state index in [1.165, 1.54) is 0 Å². The molecule has 1 N–H and O–H groups in total. The summed E-state index contributed by atoms with van der Waals surface area (Å²) in [4.78, 5) is 13.1. The molecule has 0 fully saturated rings. The van der Waals surface area contributed by atoms with E-state index >= 15 is 0 Å². The standard InChI is InChI=1S/C15H14ClNO2/c1-17(10-11-6-3-2-4-7-11)14-12(15(18)19)8-5-9-13(14)16/h2-9H,10H2,1H3,(H,18,19). The third-order valence-corrected chi connectivity index (χ3v) is 3.17. The highest BCUT2D eigenvalue weighted by atomic mass is 35.5. The predicted molar refractivity (Wildman–Crippen MR) is 77.0 cm³/mol.